The van der Waals surface area contributed by atoms with Crippen LogP contribution in [0.25, 0.3) is 0 Å². The van der Waals surface area contributed by atoms with Crippen molar-refractivity contribution in [2.75, 3.05) is 6.54 Å². The molecule has 0 aromatic heterocycles. The van der Waals surface area contributed by atoms with E-state index in [1.807, 2.05) is 0 Å². The standard InChI is InChI=1S/C11H23NO/c1-3-5-9(2)8-12-10-6-4-7-11(10)13/h9-13H,3-8H2,1-2H3. The van der Waals surface area contributed by atoms with E-state index in [4.69, 9.17) is 0 Å². The zero-order valence-electron chi connectivity index (χ0n) is 8.92. The van der Waals surface area contributed by atoms with Crippen molar-refractivity contribution < 1.29 is 5.11 Å². The Morgan fingerprint density at radius 1 is 1.46 bits per heavy atom. The average molecular weight is 185 g/mol. The van der Waals surface area contributed by atoms with Crippen molar-refractivity contribution in [2.45, 2.75) is 58.1 Å². The Kier molecular flexibility index (Phi) is 4.74. The quantitative estimate of drug-likeness (QED) is 0.686. The van der Waals surface area contributed by atoms with Crippen LogP contribution in [-0.2, 0) is 0 Å². The molecule has 0 aliphatic heterocycles. The lowest BCUT2D eigenvalue weighted by Gasteiger charge is -2.19. The van der Waals surface area contributed by atoms with Gasteiger partial charge in [0, 0.05) is 6.04 Å². The molecule has 0 radical (unpaired) electrons. The van der Waals surface area contributed by atoms with Gasteiger partial charge in [-0.3, -0.25) is 0 Å². The normalized spacial score (nSPS) is 30.7. The molecule has 2 N–H and O–H groups in total. The lowest BCUT2D eigenvalue weighted by atomic mass is 10.1. The van der Waals surface area contributed by atoms with E-state index >= 15 is 0 Å². The zero-order chi connectivity index (χ0) is 9.68. The maximum Gasteiger partial charge on any atom is 0.0693 e. The Morgan fingerprint density at radius 3 is 2.77 bits per heavy atom. The van der Waals surface area contributed by atoms with Gasteiger partial charge in [0.25, 0.3) is 0 Å². The summed E-state index contributed by atoms with van der Waals surface area (Å²) in [4.78, 5) is 0. The highest BCUT2D eigenvalue weighted by Crippen LogP contribution is 2.19. The minimum atomic E-state index is -0.0890. The lowest BCUT2D eigenvalue weighted by Crippen LogP contribution is -2.38. The summed E-state index contributed by atoms with van der Waals surface area (Å²) in [6.45, 7) is 5.56. The van der Waals surface area contributed by atoms with Crippen molar-refractivity contribution in [1.82, 2.24) is 5.32 Å². The van der Waals surface area contributed by atoms with Gasteiger partial charge in [0.2, 0.25) is 0 Å². The number of rotatable bonds is 5. The van der Waals surface area contributed by atoms with Crippen molar-refractivity contribution in [3.63, 3.8) is 0 Å². The fraction of sp³-hybridized carbons (Fsp3) is 1.00. The molecular formula is C11H23NO. The molecule has 3 atom stereocenters. The van der Waals surface area contributed by atoms with E-state index in [0.29, 0.717) is 6.04 Å². The summed E-state index contributed by atoms with van der Waals surface area (Å²) >= 11 is 0. The van der Waals surface area contributed by atoms with Gasteiger partial charge in [0.1, 0.15) is 0 Å². The van der Waals surface area contributed by atoms with Crippen LogP contribution in [0.4, 0.5) is 0 Å². The van der Waals surface area contributed by atoms with Gasteiger partial charge in [-0.05, 0) is 38.1 Å². The molecule has 2 nitrogen and oxygen atoms in total. The summed E-state index contributed by atoms with van der Waals surface area (Å²) < 4.78 is 0. The summed E-state index contributed by atoms with van der Waals surface area (Å²) in [5, 5.41) is 13.0. The van der Waals surface area contributed by atoms with Crippen LogP contribution >= 0.6 is 0 Å². The van der Waals surface area contributed by atoms with Gasteiger partial charge in [-0.1, -0.05) is 20.3 Å². The van der Waals surface area contributed by atoms with Crippen molar-refractivity contribution in [3.8, 4) is 0 Å². The van der Waals surface area contributed by atoms with Crippen LogP contribution in [0.3, 0.4) is 0 Å². The Hall–Kier alpha value is -0.0800. The molecule has 0 aromatic rings. The SMILES string of the molecule is CCCC(C)CNC1CCCC1O. The van der Waals surface area contributed by atoms with Crippen LogP contribution in [0.2, 0.25) is 0 Å². The predicted molar refractivity (Wildman–Crippen MR) is 55.7 cm³/mol. The van der Waals surface area contributed by atoms with E-state index < -0.39 is 0 Å². The maximum absolute atomic E-state index is 9.57. The fourth-order valence-corrected chi connectivity index (χ4v) is 2.13. The van der Waals surface area contributed by atoms with Gasteiger partial charge in [-0.25, -0.2) is 0 Å². The Balaban J connectivity index is 2.10. The number of aliphatic hydroxyl groups is 1. The van der Waals surface area contributed by atoms with E-state index in [9.17, 15) is 5.11 Å². The maximum atomic E-state index is 9.57. The Morgan fingerprint density at radius 2 is 2.23 bits per heavy atom. The molecule has 1 rings (SSSR count). The van der Waals surface area contributed by atoms with E-state index in [-0.39, 0.29) is 6.10 Å². The third-order valence-electron chi connectivity index (χ3n) is 2.99. The van der Waals surface area contributed by atoms with E-state index in [1.54, 1.807) is 0 Å². The molecule has 78 valence electrons. The van der Waals surface area contributed by atoms with E-state index in [1.165, 1.54) is 19.3 Å². The van der Waals surface area contributed by atoms with Gasteiger partial charge in [-0.2, -0.15) is 0 Å². The van der Waals surface area contributed by atoms with Gasteiger partial charge in [0.05, 0.1) is 6.10 Å². The van der Waals surface area contributed by atoms with Gasteiger partial charge < -0.3 is 10.4 Å². The molecule has 0 saturated heterocycles. The fourth-order valence-electron chi connectivity index (χ4n) is 2.13. The molecule has 1 saturated carbocycles. The summed E-state index contributed by atoms with van der Waals surface area (Å²) in [7, 11) is 0. The van der Waals surface area contributed by atoms with Crippen molar-refractivity contribution in [2.24, 2.45) is 5.92 Å². The second kappa shape index (κ2) is 5.61. The van der Waals surface area contributed by atoms with Crippen molar-refractivity contribution in [1.29, 1.82) is 0 Å². The summed E-state index contributed by atoms with van der Waals surface area (Å²) in [6, 6.07) is 0.374. The Bertz CT molecular complexity index is 138. The average Bonchev–Trinajstić information content (AvgIpc) is 2.48. The molecule has 13 heavy (non-hydrogen) atoms. The van der Waals surface area contributed by atoms with Crippen LogP contribution in [0.15, 0.2) is 0 Å². The molecule has 1 aliphatic carbocycles. The summed E-state index contributed by atoms with van der Waals surface area (Å²) in [5.74, 6) is 0.748. The summed E-state index contributed by atoms with van der Waals surface area (Å²) in [6.07, 6.45) is 5.78. The topological polar surface area (TPSA) is 32.3 Å². The van der Waals surface area contributed by atoms with Gasteiger partial charge in [-0.15, -0.1) is 0 Å². The van der Waals surface area contributed by atoms with Crippen LogP contribution < -0.4 is 5.32 Å². The zero-order valence-corrected chi connectivity index (χ0v) is 8.92. The molecule has 3 unspecified atom stereocenters. The van der Waals surface area contributed by atoms with Crippen LogP contribution in [-0.4, -0.2) is 23.8 Å². The first-order valence-electron chi connectivity index (χ1n) is 5.65. The third-order valence-corrected chi connectivity index (χ3v) is 2.99. The molecule has 0 spiro atoms. The van der Waals surface area contributed by atoms with Crippen LogP contribution in [0, 0.1) is 5.92 Å². The highest BCUT2D eigenvalue weighted by molar-refractivity contribution is 4.82. The first kappa shape index (κ1) is 11.0. The number of nitrogens with one attached hydrogen (secondary N) is 1. The van der Waals surface area contributed by atoms with E-state index in [0.717, 1.165) is 25.3 Å². The number of hydrogen-bond donors (Lipinski definition) is 2. The highest BCUT2D eigenvalue weighted by atomic mass is 16.3. The van der Waals surface area contributed by atoms with Gasteiger partial charge >= 0.3 is 0 Å². The molecule has 0 bridgehead atoms. The first-order valence-corrected chi connectivity index (χ1v) is 5.65. The number of aliphatic hydroxyl groups excluding tert-OH is 1. The van der Waals surface area contributed by atoms with Crippen LogP contribution in [0.5, 0.6) is 0 Å². The van der Waals surface area contributed by atoms with E-state index in [2.05, 4.69) is 19.2 Å². The Labute approximate surface area is 81.7 Å². The highest BCUT2D eigenvalue weighted by Gasteiger charge is 2.24. The predicted octanol–water partition coefficient (Wildman–Crippen LogP) is 1.93. The molecule has 0 heterocycles. The summed E-state index contributed by atoms with van der Waals surface area (Å²) in [5.41, 5.74) is 0. The third kappa shape index (κ3) is 3.65. The molecule has 1 fully saturated rings. The molecule has 0 aromatic carbocycles. The molecule has 1 aliphatic rings. The lowest BCUT2D eigenvalue weighted by molar-refractivity contribution is 0.147. The van der Waals surface area contributed by atoms with Crippen LogP contribution in [0.1, 0.15) is 46.0 Å². The smallest absolute Gasteiger partial charge is 0.0693 e. The number of hydrogen-bond acceptors (Lipinski definition) is 2. The minimum absolute atomic E-state index is 0.0890. The van der Waals surface area contributed by atoms with Crippen molar-refractivity contribution in [3.05, 3.63) is 0 Å². The first-order chi connectivity index (χ1) is 6.24. The largest absolute Gasteiger partial charge is 0.392 e. The monoisotopic (exact) mass is 185 g/mol. The minimum Gasteiger partial charge on any atom is -0.392 e. The molecular weight excluding hydrogens is 162 g/mol. The second-order valence-corrected chi connectivity index (χ2v) is 4.41. The second-order valence-electron chi connectivity index (χ2n) is 4.41. The molecule has 0 amide bonds. The molecule has 2 heteroatoms. The van der Waals surface area contributed by atoms with Crippen molar-refractivity contribution >= 4 is 0 Å². The van der Waals surface area contributed by atoms with Gasteiger partial charge in [0.15, 0.2) is 0 Å².